The van der Waals surface area contributed by atoms with Gasteiger partial charge in [0.1, 0.15) is 18.9 Å². The van der Waals surface area contributed by atoms with Crippen LogP contribution in [-0.4, -0.2) is 43.8 Å². The van der Waals surface area contributed by atoms with Crippen LogP contribution in [-0.2, 0) is 9.63 Å². The van der Waals surface area contributed by atoms with Crippen molar-refractivity contribution in [3.8, 4) is 6.07 Å². The van der Waals surface area contributed by atoms with E-state index in [1.165, 1.54) is 11.3 Å². The van der Waals surface area contributed by atoms with Crippen LogP contribution in [0.15, 0.2) is 114 Å². The first-order valence-electron chi connectivity index (χ1n) is 17.5. The topological polar surface area (TPSA) is 77.6 Å². The maximum Gasteiger partial charge on any atom is 0.526 e. The predicted molar refractivity (Wildman–Crippen MR) is 210 cm³/mol. The summed E-state index contributed by atoms with van der Waals surface area (Å²) in [4.78, 5) is 28.3. The highest BCUT2D eigenvalue weighted by atomic mass is 16.7. The van der Waals surface area contributed by atoms with Gasteiger partial charge in [-0.1, -0.05) is 103 Å². The minimum Gasteiger partial charge on any atom is -0.378 e. The van der Waals surface area contributed by atoms with E-state index in [0.29, 0.717) is 28.0 Å². The molecule has 8 nitrogen and oxygen atoms in total. The summed E-state index contributed by atoms with van der Waals surface area (Å²) >= 11 is 0. The van der Waals surface area contributed by atoms with Crippen molar-refractivity contribution in [1.29, 1.82) is 5.26 Å². The molecule has 3 aromatic carbocycles. The minimum absolute atomic E-state index is 0.0405. The fraction of sp³-hybridized carbons (Fsp3) is 0.295. The molecule has 0 saturated heterocycles. The fourth-order valence-corrected chi connectivity index (χ4v) is 6.42. The second kappa shape index (κ2) is 18.2. The maximum absolute atomic E-state index is 12.6. The zero-order valence-electron chi connectivity index (χ0n) is 30.9. The van der Waals surface area contributed by atoms with E-state index in [1.54, 1.807) is 30.3 Å². The first kappa shape index (κ1) is 38.6. The number of rotatable bonds is 8. The summed E-state index contributed by atoms with van der Waals surface area (Å²) in [7, 11) is 4.09. The molecule has 0 amide bonds. The third-order valence-corrected chi connectivity index (χ3v) is 9.10. The van der Waals surface area contributed by atoms with E-state index < -0.39 is 0 Å². The number of anilines is 1. The molecule has 1 unspecified atom stereocenters. The first-order valence-corrected chi connectivity index (χ1v) is 17.5. The minimum atomic E-state index is -0.325. The molecule has 2 aliphatic rings. The van der Waals surface area contributed by atoms with Crippen molar-refractivity contribution in [2.75, 3.05) is 32.1 Å². The van der Waals surface area contributed by atoms with Gasteiger partial charge in [-0.3, -0.25) is 0 Å². The summed E-state index contributed by atoms with van der Waals surface area (Å²) < 4.78 is 0. The summed E-state index contributed by atoms with van der Waals surface area (Å²) in [5.41, 5.74) is 6.44. The third-order valence-electron chi connectivity index (χ3n) is 9.10. The van der Waals surface area contributed by atoms with Crippen LogP contribution in [0.5, 0.6) is 0 Å². The molecular formula is C44H46N6O2. The van der Waals surface area contributed by atoms with Crippen molar-refractivity contribution in [3.05, 3.63) is 153 Å². The van der Waals surface area contributed by atoms with E-state index in [-0.39, 0.29) is 17.2 Å². The van der Waals surface area contributed by atoms with Crippen LogP contribution >= 0.6 is 0 Å². The normalized spacial score (nSPS) is 17.6. The van der Waals surface area contributed by atoms with Gasteiger partial charge in [0.25, 0.3) is 0 Å². The highest BCUT2D eigenvalue weighted by Crippen LogP contribution is 2.44. The fourth-order valence-electron chi connectivity index (χ4n) is 6.42. The van der Waals surface area contributed by atoms with Gasteiger partial charge in [0, 0.05) is 44.6 Å². The van der Waals surface area contributed by atoms with Gasteiger partial charge in [0.15, 0.2) is 0 Å². The Morgan fingerprint density at radius 2 is 1.62 bits per heavy atom. The van der Waals surface area contributed by atoms with E-state index in [1.807, 2.05) is 50.6 Å². The van der Waals surface area contributed by atoms with Gasteiger partial charge in [-0.05, 0) is 73.4 Å². The Bertz CT molecular complexity index is 2080. The van der Waals surface area contributed by atoms with Gasteiger partial charge in [-0.15, -0.1) is 0 Å². The van der Waals surface area contributed by atoms with Crippen LogP contribution in [0.1, 0.15) is 58.1 Å². The van der Waals surface area contributed by atoms with Crippen LogP contribution in [0.25, 0.3) is 27.2 Å². The standard InChI is InChI=1S/C27H30N2O2.C17H16N4/c1-27(2)17-20(11-10-19-12-14-23(15-13-19)29(3)4)16-22(18-27)24-25(28-31-26(24)30)21-8-6-5-7-9-21;1-5-21(6-2)12-11-16(13-18)14-7-9-15(10-8-14)17(19-3)20-4/h5-15,20H,16-18H2,1-4H3;7-12H,5-6H2,1-2H3/b11-10+,24-22-;12-11+. The van der Waals surface area contributed by atoms with Gasteiger partial charge in [-0.2, -0.15) is 15.0 Å². The van der Waals surface area contributed by atoms with E-state index in [2.05, 4.69) is 94.8 Å². The smallest absolute Gasteiger partial charge is 0.378 e. The Morgan fingerprint density at radius 3 is 2.19 bits per heavy atom. The molecule has 0 aromatic heterocycles. The van der Waals surface area contributed by atoms with Crippen LogP contribution in [0.4, 0.5) is 5.69 Å². The van der Waals surface area contributed by atoms with Gasteiger partial charge < -0.3 is 14.6 Å². The Hall–Kier alpha value is -6.17. The Labute approximate surface area is 308 Å². The number of nitriles is 1. The molecule has 1 saturated carbocycles. The zero-order valence-corrected chi connectivity index (χ0v) is 30.9. The highest BCUT2D eigenvalue weighted by Gasteiger charge is 2.37. The number of nitrogens with zero attached hydrogens (tertiary/aromatic N) is 6. The molecule has 264 valence electrons. The molecule has 3 aromatic rings. The van der Waals surface area contributed by atoms with Crippen molar-refractivity contribution >= 4 is 34.8 Å². The molecule has 5 rings (SSSR count). The molecule has 0 bridgehead atoms. The number of benzene rings is 3. The predicted octanol–water partition coefficient (Wildman–Crippen LogP) is 7.97. The molecule has 1 aliphatic heterocycles. The van der Waals surface area contributed by atoms with E-state index in [4.69, 9.17) is 18.0 Å². The summed E-state index contributed by atoms with van der Waals surface area (Å²) in [5.74, 6) is 0.0810. The lowest BCUT2D eigenvalue weighted by Crippen LogP contribution is -2.26. The second-order valence-corrected chi connectivity index (χ2v) is 13.7. The molecule has 1 heterocycles. The molecule has 1 atom stereocenters. The number of hydrogen-bond acceptors (Lipinski definition) is 6. The quantitative estimate of drug-likeness (QED) is 0.136. The van der Waals surface area contributed by atoms with Crippen LogP contribution < -0.4 is 15.3 Å². The molecule has 0 N–H and O–H groups in total. The molecule has 0 spiro atoms. The lowest BCUT2D eigenvalue weighted by atomic mass is 9.68. The first-order chi connectivity index (χ1) is 25.0. The lowest BCUT2D eigenvalue weighted by Gasteiger charge is -2.36. The molecule has 1 aliphatic carbocycles. The number of hydrogen-bond donors (Lipinski definition) is 0. The lowest BCUT2D eigenvalue weighted by molar-refractivity contribution is -0.137. The molecule has 52 heavy (non-hydrogen) atoms. The number of carbonyl (C=O) groups is 1. The molecule has 1 fully saturated rings. The highest BCUT2D eigenvalue weighted by molar-refractivity contribution is 6.29. The average Bonchev–Trinajstić information content (AvgIpc) is 3.55. The van der Waals surface area contributed by atoms with Gasteiger partial charge >= 0.3 is 11.8 Å². The average molecular weight is 691 g/mol. The Kier molecular flexibility index (Phi) is 13.5. The molecule has 8 heteroatoms. The SMILES string of the molecule is CN(C)c1ccc(/C=C/C2C/C(=C3/C(=O)ON=C3c3ccccc3)CC(C)(C)C2)cc1.[C-]#[N+]C([N+]#[C-])=c1ccc(=C(C#N)/C=C/N(CC)CC)cc1. The summed E-state index contributed by atoms with van der Waals surface area (Å²) in [5, 5.41) is 14.7. The third kappa shape index (κ3) is 10.2. The van der Waals surface area contributed by atoms with Crippen molar-refractivity contribution in [2.45, 2.75) is 47.0 Å². The summed E-state index contributed by atoms with van der Waals surface area (Å²) in [6.07, 6.45) is 11.0. The summed E-state index contributed by atoms with van der Waals surface area (Å²) in [6, 6.07) is 27.5. The van der Waals surface area contributed by atoms with Crippen LogP contribution in [0, 0.1) is 35.8 Å². The van der Waals surface area contributed by atoms with E-state index in [0.717, 1.165) is 48.7 Å². The van der Waals surface area contributed by atoms with Crippen molar-refractivity contribution in [1.82, 2.24) is 4.90 Å². The van der Waals surface area contributed by atoms with Crippen LogP contribution in [0.3, 0.4) is 0 Å². The van der Waals surface area contributed by atoms with Crippen molar-refractivity contribution in [2.24, 2.45) is 16.5 Å². The number of carbonyl (C=O) groups excluding carboxylic acids is 1. The zero-order chi connectivity index (χ0) is 37.7. The second-order valence-electron chi connectivity index (χ2n) is 13.7. The number of allylic oxidation sites excluding steroid dienone is 3. The van der Waals surface area contributed by atoms with Crippen LogP contribution in [0.2, 0.25) is 0 Å². The largest absolute Gasteiger partial charge is 0.526 e. The van der Waals surface area contributed by atoms with Gasteiger partial charge in [0.2, 0.25) is 0 Å². The monoisotopic (exact) mass is 690 g/mol. The van der Waals surface area contributed by atoms with Gasteiger partial charge in [0.05, 0.1) is 22.4 Å². The van der Waals surface area contributed by atoms with E-state index in [9.17, 15) is 10.1 Å². The van der Waals surface area contributed by atoms with Crippen molar-refractivity contribution < 1.29 is 9.63 Å². The van der Waals surface area contributed by atoms with E-state index >= 15 is 0 Å². The molecular weight excluding hydrogens is 645 g/mol. The van der Waals surface area contributed by atoms with Crippen molar-refractivity contribution in [3.63, 3.8) is 0 Å². The Balaban J connectivity index is 0.000000253. The number of oxime groups is 1. The Morgan fingerprint density at radius 1 is 0.981 bits per heavy atom. The maximum atomic E-state index is 12.6. The molecule has 0 radical (unpaired) electrons. The van der Waals surface area contributed by atoms with Gasteiger partial charge in [-0.25, -0.2) is 4.79 Å². The summed E-state index contributed by atoms with van der Waals surface area (Å²) in [6.45, 7) is 24.3.